The first kappa shape index (κ1) is 13.5. The van der Waals surface area contributed by atoms with E-state index in [1.54, 1.807) is 11.9 Å². The predicted molar refractivity (Wildman–Crippen MR) is 72.5 cm³/mol. The molecule has 0 radical (unpaired) electrons. The molecular formula is C13H21N3O. The van der Waals surface area contributed by atoms with Crippen molar-refractivity contribution in [3.63, 3.8) is 0 Å². The van der Waals surface area contributed by atoms with Gasteiger partial charge in [-0.2, -0.15) is 0 Å². The molecule has 0 saturated heterocycles. The Bertz CT molecular complexity index is 357. The van der Waals surface area contributed by atoms with Crippen molar-refractivity contribution < 1.29 is 4.79 Å². The highest BCUT2D eigenvalue weighted by atomic mass is 16.2. The molecule has 94 valence electrons. The van der Waals surface area contributed by atoms with E-state index < -0.39 is 0 Å². The van der Waals surface area contributed by atoms with E-state index >= 15 is 0 Å². The van der Waals surface area contributed by atoms with Gasteiger partial charge in [0.1, 0.15) is 0 Å². The lowest BCUT2D eigenvalue weighted by Gasteiger charge is -2.22. The van der Waals surface area contributed by atoms with Gasteiger partial charge in [-0.25, -0.2) is 0 Å². The maximum Gasteiger partial charge on any atom is 0.240 e. The van der Waals surface area contributed by atoms with Gasteiger partial charge in [-0.15, -0.1) is 0 Å². The third-order valence-electron chi connectivity index (χ3n) is 2.91. The van der Waals surface area contributed by atoms with Crippen molar-refractivity contribution >= 4 is 17.3 Å². The van der Waals surface area contributed by atoms with Crippen LogP contribution in [0.3, 0.4) is 0 Å². The summed E-state index contributed by atoms with van der Waals surface area (Å²) in [4.78, 5) is 15.3. The van der Waals surface area contributed by atoms with Crippen molar-refractivity contribution in [3.8, 4) is 0 Å². The third-order valence-corrected chi connectivity index (χ3v) is 2.91. The zero-order valence-corrected chi connectivity index (χ0v) is 10.8. The minimum atomic E-state index is -0.0828. The molecule has 17 heavy (non-hydrogen) atoms. The summed E-state index contributed by atoms with van der Waals surface area (Å²) in [6.07, 6.45) is 0. The first-order valence-electron chi connectivity index (χ1n) is 5.95. The molecule has 4 heteroatoms. The number of hydrogen-bond acceptors (Lipinski definition) is 3. The number of nitrogens with zero attached hydrogens (tertiary/aromatic N) is 2. The van der Waals surface area contributed by atoms with Gasteiger partial charge in [-0.3, -0.25) is 4.79 Å². The fourth-order valence-electron chi connectivity index (χ4n) is 1.76. The Hall–Kier alpha value is -1.55. The first-order chi connectivity index (χ1) is 8.13. The fraction of sp³-hybridized carbons (Fsp3) is 0.462. The molecule has 0 heterocycles. The van der Waals surface area contributed by atoms with Crippen LogP contribution in [0.1, 0.15) is 13.8 Å². The van der Waals surface area contributed by atoms with Gasteiger partial charge >= 0.3 is 0 Å². The molecule has 0 saturated carbocycles. The summed E-state index contributed by atoms with van der Waals surface area (Å²) in [6.45, 7) is 6.25. The van der Waals surface area contributed by atoms with Gasteiger partial charge in [0.2, 0.25) is 5.91 Å². The Labute approximate surface area is 103 Å². The standard InChI is InChI=1S/C13H21N3O/c1-4-16(5-2)12-8-6-11(7-9-12)15(3)13(17)10-14/h6-9H,4-5,10,14H2,1-3H3. The summed E-state index contributed by atoms with van der Waals surface area (Å²) in [5, 5.41) is 0. The topological polar surface area (TPSA) is 49.6 Å². The molecule has 2 N–H and O–H groups in total. The van der Waals surface area contributed by atoms with E-state index in [0.717, 1.165) is 18.8 Å². The zero-order chi connectivity index (χ0) is 12.8. The average Bonchev–Trinajstić information content (AvgIpc) is 2.39. The lowest BCUT2D eigenvalue weighted by atomic mass is 10.2. The van der Waals surface area contributed by atoms with Crippen LogP contribution in [-0.2, 0) is 4.79 Å². The van der Waals surface area contributed by atoms with Crippen molar-refractivity contribution in [2.45, 2.75) is 13.8 Å². The Morgan fingerprint density at radius 2 is 1.59 bits per heavy atom. The van der Waals surface area contributed by atoms with E-state index in [1.165, 1.54) is 5.69 Å². The first-order valence-corrected chi connectivity index (χ1v) is 5.95. The van der Waals surface area contributed by atoms with Gasteiger partial charge < -0.3 is 15.5 Å². The number of likely N-dealkylation sites (N-methyl/N-ethyl adjacent to an activating group) is 1. The summed E-state index contributed by atoms with van der Waals surface area (Å²) in [6, 6.07) is 7.95. The summed E-state index contributed by atoms with van der Waals surface area (Å²) in [7, 11) is 1.74. The molecule has 0 unspecified atom stereocenters. The molecule has 0 aliphatic carbocycles. The second kappa shape index (κ2) is 6.25. The van der Waals surface area contributed by atoms with E-state index in [-0.39, 0.29) is 12.5 Å². The summed E-state index contributed by atoms with van der Waals surface area (Å²) < 4.78 is 0. The number of amides is 1. The lowest BCUT2D eigenvalue weighted by molar-refractivity contribution is -0.117. The molecule has 0 bridgehead atoms. The van der Waals surface area contributed by atoms with E-state index in [4.69, 9.17) is 5.73 Å². The number of benzene rings is 1. The fourth-order valence-corrected chi connectivity index (χ4v) is 1.76. The number of carbonyl (C=O) groups is 1. The van der Waals surface area contributed by atoms with Gasteiger partial charge in [0, 0.05) is 31.5 Å². The molecule has 0 spiro atoms. The van der Waals surface area contributed by atoms with Crippen molar-refractivity contribution in [3.05, 3.63) is 24.3 Å². The van der Waals surface area contributed by atoms with E-state index in [2.05, 4.69) is 18.7 Å². The van der Waals surface area contributed by atoms with Crippen LogP contribution in [0, 0.1) is 0 Å². The Morgan fingerprint density at radius 3 is 2.00 bits per heavy atom. The number of rotatable bonds is 5. The van der Waals surface area contributed by atoms with Crippen LogP contribution in [0.2, 0.25) is 0 Å². The Kier molecular flexibility index (Phi) is 4.97. The number of carbonyl (C=O) groups excluding carboxylic acids is 1. The average molecular weight is 235 g/mol. The lowest BCUT2D eigenvalue weighted by Crippen LogP contribution is -2.32. The van der Waals surface area contributed by atoms with Crippen LogP contribution in [0.25, 0.3) is 0 Å². The van der Waals surface area contributed by atoms with Crippen LogP contribution in [0.5, 0.6) is 0 Å². The molecule has 1 rings (SSSR count). The summed E-state index contributed by atoms with van der Waals surface area (Å²) in [5.41, 5.74) is 7.38. The minimum absolute atomic E-state index is 0.0360. The number of nitrogens with two attached hydrogens (primary N) is 1. The largest absolute Gasteiger partial charge is 0.372 e. The summed E-state index contributed by atoms with van der Waals surface area (Å²) >= 11 is 0. The van der Waals surface area contributed by atoms with Crippen LogP contribution >= 0.6 is 0 Å². The SMILES string of the molecule is CCN(CC)c1ccc(N(C)C(=O)CN)cc1. The van der Waals surface area contributed by atoms with Crippen molar-refractivity contribution in [1.29, 1.82) is 0 Å². The highest BCUT2D eigenvalue weighted by molar-refractivity contribution is 5.94. The van der Waals surface area contributed by atoms with Crippen LogP contribution in [0.15, 0.2) is 24.3 Å². The molecule has 1 amide bonds. The number of hydrogen-bond donors (Lipinski definition) is 1. The molecule has 1 aromatic carbocycles. The Balaban J connectivity index is 2.84. The van der Waals surface area contributed by atoms with E-state index in [9.17, 15) is 4.79 Å². The monoisotopic (exact) mass is 235 g/mol. The van der Waals surface area contributed by atoms with Crippen LogP contribution in [0.4, 0.5) is 11.4 Å². The highest BCUT2D eigenvalue weighted by Gasteiger charge is 2.09. The molecule has 0 atom stereocenters. The molecule has 1 aromatic rings. The van der Waals surface area contributed by atoms with Gasteiger partial charge in [0.15, 0.2) is 0 Å². The molecule has 0 fully saturated rings. The highest BCUT2D eigenvalue weighted by Crippen LogP contribution is 2.19. The Morgan fingerprint density at radius 1 is 1.12 bits per heavy atom. The van der Waals surface area contributed by atoms with Crippen LogP contribution in [-0.4, -0.2) is 32.6 Å². The van der Waals surface area contributed by atoms with Gasteiger partial charge in [0.05, 0.1) is 6.54 Å². The predicted octanol–water partition coefficient (Wildman–Crippen LogP) is 1.45. The second-order valence-electron chi connectivity index (χ2n) is 3.85. The smallest absolute Gasteiger partial charge is 0.240 e. The maximum atomic E-state index is 11.4. The quantitative estimate of drug-likeness (QED) is 0.840. The number of anilines is 2. The normalized spacial score (nSPS) is 10.1. The zero-order valence-electron chi connectivity index (χ0n) is 10.8. The van der Waals surface area contributed by atoms with Crippen LogP contribution < -0.4 is 15.5 Å². The second-order valence-corrected chi connectivity index (χ2v) is 3.85. The van der Waals surface area contributed by atoms with Gasteiger partial charge in [0.25, 0.3) is 0 Å². The van der Waals surface area contributed by atoms with E-state index in [0.29, 0.717) is 0 Å². The molecule has 0 aliphatic rings. The van der Waals surface area contributed by atoms with E-state index in [1.807, 2.05) is 24.3 Å². The van der Waals surface area contributed by atoms with Gasteiger partial charge in [-0.1, -0.05) is 0 Å². The molecule has 4 nitrogen and oxygen atoms in total. The molecule has 0 aromatic heterocycles. The van der Waals surface area contributed by atoms with Crippen molar-refractivity contribution in [2.75, 3.05) is 36.5 Å². The third kappa shape index (κ3) is 3.20. The van der Waals surface area contributed by atoms with Crippen molar-refractivity contribution in [1.82, 2.24) is 0 Å². The maximum absolute atomic E-state index is 11.4. The summed E-state index contributed by atoms with van der Waals surface area (Å²) in [5.74, 6) is -0.0828. The molecule has 0 aliphatic heterocycles. The van der Waals surface area contributed by atoms with Gasteiger partial charge in [-0.05, 0) is 38.1 Å². The molecular weight excluding hydrogens is 214 g/mol. The van der Waals surface area contributed by atoms with Crippen molar-refractivity contribution in [2.24, 2.45) is 5.73 Å². The minimum Gasteiger partial charge on any atom is -0.372 e.